The van der Waals surface area contributed by atoms with Crippen molar-refractivity contribution in [2.45, 2.75) is 19.3 Å². The lowest BCUT2D eigenvalue weighted by Crippen LogP contribution is -2.35. The first-order chi connectivity index (χ1) is 8.25. The lowest BCUT2D eigenvalue weighted by Gasteiger charge is -2.28. The Kier molecular flexibility index (Phi) is 4.29. The molecule has 1 unspecified atom stereocenters. The number of hydrazine groups is 1. The smallest absolute Gasteiger partial charge is 0.259 e. The summed E-state index contributed by atoms with van der Waals surface area (Å²) in [5, 5.41) is 2.12. The zero-order valence-electron chi connectivity index (χ0n) is 9.43. The Morgan fingerprint density at radius 1 is 1.29 bits per heavy atom. The van der Waals surface area contributed by atoms with Gasteiger partial charge < -0.3 is 5.43 Å². The molecule has 0 amide bonds. The quantitative estimate of drug-likeness (QED) is 0.711. The molecule has 0 aliphatic carbocycles. The number of hydrogen-bond donors (Lipinski definition) is 3. The van der Waals surface area contributed by atoms with Gasteiger partial charge in [0.15, 0.2) is 0 Å². The molecule has 3 N–H and O–H groups in total. The van der Waals surface area contributed by atoms with Gasteiger partial charge in [-0.15, -0.1) is 0 Å². The van der Waals surface area contributed by atoms with E-state index in [-0.39, 0.29) is 0 Å². The van der Waals surface area contributed by atoms with E-state index in [4.69, 9.17) is 4.55 Å². The maximum atomic E-state index is 10.7. The monoisotopic (exact) mass is 256 g/mol. The zero-order valence-corrected chi connectivity index (χ0v) is 10.2. The van der Waals surface area contributed by atoms with Crippen LogP contribution in [-0.2, 0) is 11.3 Å². The van der Waals surface area contributed by atoms with E-state index in [2.05, 4.69) is 20.1 Å². The minimum Gasteiger partial charge on any atom is -0.317 e. The summed E-state index contributed by atoms with van der Waals surface area (Å²) in [7, 11) is 0. The summed E-state index contributed by atoms with van der Waals surface area (Å²) in [5.74, 6) is 0. The summed E-state index contributed by atoms with van der Waals surface area (Å²) in [4.78, 5) is 3.92. The molecule has 1 aliphatic heterocycles. The molecule has 94 valence electrons. The first-order valence-electron chi connectivity index (χ1n) is 5.59. The highest BCUT2D eigenvalue weighted by Gasteiger charge is 2.12. The number of anilines is 2. The van der Waals surface area contributed by atoms with Crippen LogP contribution in [0.4, 0.5) is 11.4 Å². The molecule has 2 rings (SSSR count). The summed E-state index contributed by atoms with van der Waals surface area (Å²) >= 11 is -2.08. The van der Waals surface area contributed by atoms with Crippen molar-refractivity contribution in [1.82, 2.24) is 9.99 Å². The number of hydrogen-bond acceptors (Lipinski definition) is 4. The van der Waals surface area contributed by atoms with Crippen molar-refractivity contribution in [1.29, 1.82) is 0 Å². The predicted molar refractivity (Wildman–Crippen MR) is 67.7 cm³/mol. The Labute approximate surface area is 103 Å². The average Bonchev–Trinajstić information content (AvgIpc) is 2.32. The number of aromatic nitrogens is 1. The van der Waals surface area contributed by atoms with E-state index in [0.29, 0.717) is 5.69 Å². The van der Waals surface area contributed by atoms with Crippen LogP contribution in [0.3, 0.4) is 0 Å². The first-order valence-corrected chi connectivity index (χ1v) is 6.69. The summed E-state index contributed by atoms with van der Waals surface area (Å²) < 4.78 is 22.0. The predicted octanol–water partition coefficient (Wildman–Crippen LogP) is 1.44. The molecule has 0 bridgehead atoms. The third-order valence-corrected chi connectivity index (χ3v) is 3.05. The van der Waals surface area contributed by atoms with Gasteiger partial charge >= 0.3 is 0 Å². The molecule has 7 heteroatoms. The third-order valence-electron chi connectivity index (χ3n) is 2.65. The van der Waals surface area contributed by atoms with E-state index in [1.54, 1.807) is 12.3 Å². The highest BCUT2D eigenvalue weighted by Crippen LogP contribution is 2.21. The second-order valence-corrected chi connectivity index (χ2v) is 4.63. The van der Waals surface area contributed by atoms with E-state index in [1.807, 2.05) is 0 Å². The lowest BCUT2D eigenvalue weighted by atomic mass is 10.2. The maximum absolute atomic E-state index is 10.7. The molecule has 1 aliphatic rings. The van der Waals surface area contributed by atoms with Crippen LogP contribution in [0.5, 0.6) is 0 Å². The average molecular weight is 256 g/mol. The fourth-order valence-electron chi connectivity index (χ4n) is 1.84. The Morgan fingerprint density at radius 2 is 2.06 bits per heavy atom. The normalized spacial score (nSPS) is 18.6. The van der Waals surface area contributed by atoms with Crippen LogP contribution in [0.1, 0.15) is 19.3 Å². The topological polar surface area (TPSA) is 77.5 Å². The van der Waals surface area contributed by atoms with Crippen molar-refractivity contribution in [3.8, 4) is 0 Å². The standard InChI is InChI=1S/C10H16N4O2S/c15-17(16)13-10-8-11-5-4-9(10)12-14-6-2-1-3-7-14/h4-5,8,13H,1-3,6-7H2,(H,11,12)(H,15,16). The van der Waals surface area contributed by atoms with Gasteiger partial charge in [0.05, 0.1) is 17.6 Å². The molecule has 17 heavy (non-hydrogen) atoms. The number of piperidine rings is 1. The van der Waals surface area contributed by atoms with Gasteiger partial charge in [0.25, 0.3) is 11.3 Å². The lowest BCUT2D eigenvalue weighted by molar-refractivity contribution is 0.273. The van der Waals surface area contributed by atoms with Gasteiger partial charge in [-0.3, -0.25) is 14.3 Å². The molecule has 0 saturated carbocycles. The summed E-state index contributed by atoms with van der Waals surface area (Å²) in [6.07, 6.45) is 6.79. The van der Waals surface area contributed by atoms with E-state index in [0.717, 1.165) is 18.8 Å². The molecule has 0 aromatic carbocycles. The fraction of sp³-hybridized carbons (Fsp3) is 0.500. The molecule has 6 nitrogen and oxygen atoms in total. The van der Waals surface area contributed by atoms with Gasteiger partial charge in [0, 0.05) is 19.3 Å². The van der Waals surface area contributed by atoms with Crippen LogP contribution >= 0.6 is 0 Å². The molecule has 1 aromatic heterocycles. The molecule has 0 radical (unpaired) electrons. The highest BCUT2D eigenvalue weighted by molar-refractivity contribution is 7.80. The minimum absolute atomic E-state index is 0.527. The molecule has 2 heterocycles. The van der Waals surface area contributed by atoms with E-state index >= 15 is 0 Å². The largest absolute Gasteiger partial charge is 0.317 e. The Bertz CT molecular complexity index is 396. The third kappa shape index (κ3) is 3.65. The number of nitrogens with zero attached hydrogens (tertiary/aromatic N) is 2. The van der Waals surface area contributed by atoms with Gasteiger partial charge in [-0.05, 0) is 18.9 Å². The zero-order chi connectivity index (χ0) is 12.1. The van der Waals surface area contributed by atoms with Crippen molar-refractivity contribution >= 4 is 22.6 Å². The summed E-state index contributed by atoms with van der Waals surface area (Å²) in [5.41, 5.74) is 4.53. The van der Waals surface area contributed by atoms with Crippen LogP contribution in [-0.4, -0.2) is 31.8 Å². The van der Waals surface area contributed by atoms with E-state index in [1.165, 1.54) is 25.5 Å². The molecular weight excluding hydrogens is 240 g/mol. The van der Waals surface area contributed by atoms with E-state index in [9.17, 15) is 4.21 Å². The van der Waals surface area contributed by atoms with Gasteiger partial charge in [-0.1, -0.05) is 6.42 Å². The molecular formula is C10H16N4O2S. The van der Waals surface area contributed by atoms with Gasteiger partial charge in [0.2, 0.25) is 0 Å². The molecule has 0 spiro atoms. The van der Waals surface area contributed by atoms with Crippen LogP contribution in [0.2, 0.25) is 0 Å². The van der Waals surface area contributed by atoms with Crippen molar-refractivity contribution in [3.63, 3.8) is 0 Å². The molecule has 1 saturated heterocycles. The number of pyridine rings is 1. The van der Waals surface area contributed by atoms with Crippen LogP contribution < -0.4 is 10.1 Å². The second-order valence-electron chi connectivity index (χ2n) is 3.93. The SMILES string of the molecule is O=S(O)Nc1cnccc1NN1CCCCC1. The van der Waals surface area contributed by atoms with Crippen LogP contribution in [0.15, 0.2) is 18.5 Å². The maximum Gasteiger partial charge on any atom is 0.259 e. The van der Waals surface area contributed by atoms with Crippen molar-refractivity contribution < 1.29 is 8.76 Å². The van der Waals surface area contributed by atoms with E-state index < -0.39 is 11.3 Å². The Hall–Kier alpha value is -1.18. The van der Waals surface area contributed by atoms with Crippen molar-refractivity contribution in [2.75, 3.05) is 23.2 Å². The van der Waals surface area contributed by atoms with Crippen molar-refractivity contribution in [3.05, 3.63) is 18.5 Å². The van der Waals surface area contributed by atoms with Crippen molar-refractivity contribution in [2.24, 2.45) is 0 Å². The first kappa shape index (κ1) is 12.3. The van der Waals surface area contributed by atoms with Gasteiger partial charge in [0.1, 0.15) is 0 Å². The summed E-state index contributed by atoms with van der Waals surface area (Å²) in [6.45, 7) is 1.98. The number of nitrogens with one attached hydrogen (secondary N) is 2. The highest BCUT2D eigenvalue weighted by atomic mass is 32.2. The number of rotatable bonds is 4. The molecule has 1 atom stereocenters. The fourth-order valence-corrected chi connectivity index (χ4v) is 2.19. The molecule has 1 aromatic rings. The van der Waals surface area contributed by atoms with Crippen LogP contribution in [0, 0.1) is 0 Å². The second kappa shape index (κ2) is 5.95. The Morgan fingerprint density at radius 3 is 2.76 bits per heavy atom. The minimum atomic E-state index is -2.08. The Balaban J connectivity index is 2.05. The van der Waals surface area contributed by atoms with Gasteiger partial charge in [-0.25, -0.2) is 9.22 Å². The summed E-state index contributed by atoms with van der Waals surface area (Å²) in [6, 6.07) is 1.78. The molecule has 1 fully saturated rings. The van der Waals surface area contributed by atoms with Crippen LogP contribution in [0.25, 0.3) is 0 Å². The van der Waals surface area contributed by atoms with Gasteiger partial charge in [-0.2, -0.15) is 0 Å².